The fourth-order valence-electron chi connectivity index (χ4n) is 2.84. The van der Waals surface area contributed by atoms with E-state index in [4.69, 9.17) is 17.0 Å². The van der Waals surface area contributed by atoms with Crippen molar-refractivity contribution in [2.75, 3.05) is 6.54 Å². The number of carbonyl (C=O) groups is 1. The van der Waals surface area contributed by atoms with Crippen LogP contribution < -0.4 is 4.74 Å². The van der Waals surface area contributed by atoms with E-state index in [1.165, 1.54) is 23.9 Å². The van der Waals surface area contributed by atoms with Crippen LogP contribution in [0.2, 0.25) is 0 Å². The molecule has 10 heteroatoms. The first-order valence-corrected chi connectivity index (χ1v) is 12.6. The van der Waals surface area contributed by atoms with Crippen LogP contribution in [0.25, 0.3) is 6.08 Å². The second-order valence-corrected chi connectivity index (χ2v) is 11.2. The van der Waals surface area contributed by atoms with E-state index < -0.39 is 4.92 Å². The molecule has 0 aliphatic carbocycles. The molecule has 1 aliphatic heterocycles. The van der Waals surface area contributed by atoms with Crippen LogP contribution in [-0.2, 0) is 11.4 Å². The van der Waals surface area contributed by atoms with Gasteiger partial charge in [0.05, 0.1) is 17.0 Å². The molecule has 1 saturated heterocycles. The second kappa shape index (κ2) is 10.6. The lowest BCUT2D eigenvalue weighted by atomic mass is 10.2. The first-order chi connectivity index (χ1) is 14.7. The van der Waals surface area contributed by atoms with Crippen molar-refractivity contribution in [2.45, 2.75) is 20.5 Å². The van der Waals surface area contributed by atoms with E-state index in [1.807, 2.05) is 18.2 Å². The van der Waals surface area contributed by atoms with Crippen molar-refractivity contribution in [3.8, 4) is 5.75 Å². The highest BCUT2D eigenvalue weighted by Crippen LogP contribution is 2.35. The number of non-ortho nitro benzene ring substituents is 1. The van der Waals surface area contributed by atoms with Crippen LogP contribution in [-0.4, -0.2) is 26.6 Å². The number of hydrogen-bond acceptors (Lipinski definition) is 6. The van der Waals surface area contributed by atoms with E-state index in [-0.39, 0.29) is 11.6 Å². The monoisotopic (exact) mass is 680 g/mol. The van der Waals surface area contributed by atoms with Crippen LogP contribution in [0.3, 0.4) is 0 Å². The Balaban J connectivity index is 1.74. The summed E-state index contributed by atoms with van der Waals surface area (Å²) in [4.78, 5) is 25.3. The number of nitro benzene ring substituents is 1. The summed E-state index contributed by atoms with van der Waals surface area (Å²) in [5.41, 5.74) is 1.80. The summed E-state index contributed by atoms with van der Waals surface area (Å²) in [6, 6.07) is 10.2. The normalized spacial score (nSPS) is 15.3. The fraction of sp³-hybridized carbons (Fsp3) is 0.238. The topological polar surface area (TPSA) is 72.7 Å². The van der Waals surface area contributed by atoms with Crippen molar-refractivity contribution in [1.82, 2.24) is 4.90 Å². The Bertz CT molecular complexity index is 1050. The third-order valence-electron chi connectivity index (χ3n) is 4.27. The zero-order chi connectivity index (χ0) is 22.7. The number of thiocarbonyl (C=S) groups is 1. The van der Waals surface area contributed by atoms with E-state index in [9.17, 15) is 14.9 Å². The Hall–Kier alpha value is -1.25. The maximum absolute atomic E-state index is 12.7. The van der Waals surface area contributed by atoms with Gasteiger partial charge in [-0.2, -0.15) is 0 Å². The number of amides is 1. The molecule has 0 aromatic heterocycles. The maximum atomic E-state index is 12.7. The molecule has 2 aromatic rings. The number of rotatable bonds is 7. The van der Waals surface area contributed by atoms with E-state index in [0.717, 1.165) is 24.0 Å². The van der Waals surface area contributed by atoms with Crippen molar-refractivity contribution in [2.24, 2.45) is 5.92 Å². The first kappa shape index (κ1) is 24.4. The Morgan fingerprint density at radius 3 is 2.39 bits per heavy atom. The van der Waals surface area contributed by atoms with Gasteiger partial charge in [0.1, 0.15) is 16.7 Å². The molecule has 31 heavy (non-hydrogen) atoms. The predicted octanol–water partition coefficient (Wildman–Crippen LogP) is 6.24. The number of hydrogen-bond donors (Lipinski definition) is 0. The summed E-state index contributed by atoms with van der Waals surface area (Å²) in [6.45, 7) is 5.04. The molecule has 3 rings (SSSR count). The zero-order valence-electron chi connectivity index (χ0n) is 16.6. The van der Waals surface area contributed by atoms with Crippen LogP contribution in [0.15, 0.2) is 41.3 Å². The molecule has 1 heterocycles. The molecule has 0 unspecified atom stereocenters. The molecule has 1 amide bonds. The standard InChI is InChI=1S/C21H18I2N2O4S2/c1-12(2)10-24-20(26)18(31-21(24)30)9-14-7-16(22)19(17(23)8-14)29-11-13-3-5-15(6-4-13)25(27)28/h3-9,12H,10-11H2,1-2H3/b18-9-. The van der Waals surface area contributed by atoms with Crippen LogP contribution in [0, 0.1) is 23.2 Å². The number of thioether (sulfide) groups is 1. The lowest BCUT2D eigenvalue weighted by Gasteiger charge is -2.16. The minimum atomic E-state index is -0.425. The number of halogens is 2. The minimum Gasteiger partial charge on any atom is -0.487 e. The van der Waals surface area contributed by atoms with Gasteiger partial charge in [-0.15, -0.1) is 0 Å². The summed E-state index contributed by atoms with van der Waals surface area (Å²) in [6.07, 6.45) is 1.87. The molecule has 0 N–H and O–H groups in total. The average molecular weight is 680 g/mol. The van der Waals surface area contributed by atoms with Gasteiger partial charge in [0.15, 0.2) is 0 Å². The van der Waals surface area contributed by atoms with Gasteiger partial charge in [-0.25, -0.2) is 0 Å². The number of benzene rings is 2. The van der Waals surface area contributed by atoms with Gasteiger partial charge in [0.2, 0.25) is 0 Å². The van der Waals surface area contributed by atoms with Gasteiger partial charge in [0.25, 0.3) is 11.6 Å². The third-order valence-corrected chi connectivity index (χ3v) is 7.25. The van der Waals surface area contributed by atoms with Gasteiger partial charge in [0, 0.05) is 18.7 Å². The SMILES string of the molecule is CC(C)CN1C(=O)/C(=C/c2cc(I)c(OCc3ccc([N+](=O)[O-])cc3)c(I)c2)SC1=S. The Morgan fingerprint density at radius 2 is 1.84 bits per heavy atom. The largest absolute Gasteiger partial charge is 0.487 e. The van der Waals surface area contributed by atoms with Crippen LogP contribution in [0.4, 0.5) is 5.69 Å². The van der Waals surface area contributed by atoms with Gasteiger partial charge in [-0.3, -0.25) is 19.8 Å². The highest BCUT2D eigenvalue weighted by Gasteiger charge is 2.32. The average Bonchev–Trinajstić information content (AvgIpc) is 2.94. The third kappa shape index (κ3) is 6.17. The number of ether oxygens (including phenoxy) is 1. The van der Waals surface area contributed by atoms with Crippen molar-refractivity contribution in [3.63, 3.8) is 0 Å². The second-order valence-electron chi connectivity index (χ2n) is 7.21. The molecular formula is C21H18I2N2O4S2. The maximum Gasteiger partial charge on any atom is 0.269 e. The Kier molecular flexibility index (Phi) is 8.32. The number of nitrogens with zero attached hydrogens (tertiary/aromatic N) is 2. The molecule has 1 fully saturated rings. The predicted molar refractivity (Wildman–Crippen MR) is 144 cm³/mol. The van der Waals surface area contributed by atoms with Gasteiger partial charge >= 0.3 is 0 Å². The van der Waals surface area contributed by atoms with Crippen molar-refractivity contribution in [1.29, 1.82) is 0 Å². The van der Waals surface area contributed by atoms with Crippen molar-refractivity contribution < 1.29 is 14.5 Å². The molecule has 162 valence electrons. The van der Waals surface area contributed by atoms with Crippen molar-refractivity contribution in [3.05, 3.63) is 69.7 Å². The smallest absolute Gasteiger partial charge is 0.269 e. The molecule has 0 spiro atoms. The van der Waals surface area contributed by atoms with E-state index in [2.05, 4.69) is 59.0 Å². The minimum absolute atomic E-state index is 0.0489. The van der Waals surface area contributed by atoms with E-state index in [0.29, 0.717) is 28.3 Å². The number of carbonyl (C=O) groups excluding carboxylic acids is 1. The fourth-order valence-corrected chi connectivity index (χ4v) is 6.25. The Labute approximate surface area is 217 Å². The summed E-state index contributed by atoms with van der Waals surface area (Å²) >= 11 is 11.1. The van der Waals surface area contributed by atoms with Crippen LogP contribution >= 0.6 is 69.2 Å². The molecule has 0 saturated carbocycles. The highest BCUT2D eigenvalue weighted by molar-refractivity contribution is 14.1. The van der Waals surface area contributed by atoms with Gasteiger partial charge in [-0.1, -0.05) is 37.8 Å². The van der Waals surface area contributed by atoms with E-state index >= 15 is 0 Å². The highest BCUT2D eigenvalue weighted by atomic mass is 127. The summed E-state index contributed by atoms with van der Waals surface area (Å²) in [5.74, 6) is 1.03. The summed E-state index contributed by atoms with van der Waals surface area (Å²) < 4.78 is 8.39. The molecule has 6 nitrogen and oxygen atoms in total. The quantitative estimate of drug-likeness (QED) is 0.113. The molecule has 0 radical (unpaired) electrons. The molecule has 2 aromatic carbocycles. The lowest BCUT2D eigenvalue weighted by Crippen LogP contribution is -2.31. The van der Waals surface area contributed by atoms with Crippen LogP contribution in [0.1, 0.15) is 25.0 Å². The molecule has 0 bridgehead atoms. The molecule has 1 aliphatic rings. The molecule has 0 atom stereocenters. The van der Waals surface area contributed by atoms with Crippen molar-refractivity contribution >= 4 is 91.2 Å². The molecular weight excluding hydrogens is 662 g/mol. The lowest BCUT2D eigenvalue weighted by molar-refractivity contribution is -0.384. The van der Waals surface area contributed by atoms with Gasteiger partial charge in [-0.05, 0) is 92.6 Å². The van der Waals surface area contributed by atoms with E-state index in [1.54, 1.807) is 17.0 Å². The summed E-state index contributed by atoms with van der Waals surface area (Å²) in [7, 11) is 0. The zero-order valence-corrected chi connectivity index (χ0v) is 22.6. The van der Waals surface area contributed by atoms with Crippen LogP contribution in [0.5, 0.6) is 5.75 Å². The number of nitro groups is 1. The first-order valence-electron chi connectivity index (χ1n) is 9.26. The Morgan fingerprint density at radius 1 is 1.23 bits per heavy atom. The summed E-state index contributed by atoms with van der Waals surface area (Å²) in [5, 5.41) is 10.8. The van der Waals surface area contributed by atoms with Gasteiger partial charge < -0.3 is 4.74 Å².